The van der Waals surface area contributed by atoms with Gasteiger partial charge in [-0.05, 0) is 83.5 Å². The molecule has 12 N–H and O–H groups in total. The third-order valence-corrected chi connectivity index (χ3v) is 14.1. The van der Waals surface area contributed by atoms with Gasteiger partial charge < -0.3 is 89.9 Å². The van der Waals surface area contributed by atoms with Gasteiger partial charge in [-0.1, -0.05) is 156 Å². The molecule has 0 spiro atoms. The predicted molar refractivity (Wildman–Crippen MR) is 304 cm³/mol. The van der Waals surface area contributed by atoms with Crippen LogP contribution >= 0.6 is 0 Å². The zero-order valence-electron chi connectivity index (χ0n) is 47.5. The molecule has 17 unspecified atom stereocenters. The third kappa shape index (κ3) is 27.0. The summed E-state index contributed by atoms with van der Waals surface area (Å²) in [5, 5.41) is 120. The van der Waals surface area contributed by atoms with Crippen molar-refractivity contribution >= 4 is 5.91 Å². The van der Waals surface area contributed by atoms with E-state index >= 15 is 0 Å². The van der Waals surface area contributed by atoms with Gasteiger partial charge in [-0.25, -0.2) is 0 Å². The summed E-state index contributed by atoms with van der Waals surface area (Å²) >= 11 is 0. The smallest absolute Gasteiger partial charge is 0.220 e. The first-order chi connectivity index (χ1) is 38.8. The molecular formula is C61H101NO18. The van der Waals surface area contributed by atoms with E-state index < -0.39 is 124 Å². The number of amides is 1. The molecular weight excluding hydrogens is 1030 g/mol. The standard InChI is InChI=1S/C61H101NO18/c1-3-5-7-9-11-13-15-16-17-18-19-20-21-22-23-24-25-26-27-28-29-31-33-35-37-39-49(67)62-44(45(66)38-36-34-32-30-14-12-10-8-6-4-2)43-75-59-55(73)52(70)57(47(41-64)77-59)80-61-56(74)53(71)58(48(42-65)78-61)79-60-54(72)51(69)50(68)46(40-63)76-60/h5-8,11,13-14,16-17,19-20,22-23,30,36,38,44-48,50-61,63-66,68-74H,3-4,9-10,12,15,18,21,24-29,31-35,37,39-43H2,1-2H3,(H,62,67)/b7-5-,8-6+,13-11-,17-16-,20-19-,23-22-,30-14+,38-36+. The van der Waals surface area contributed by atoms with Crippen molar-refractivity contribution in [2.45, 2.75) is 253 Å². The molecule has 0 aromatic rings. The van der Waals surface area contributed by atoms with Gasteiger partial charge in [-0.15, -0.1) is 0 Å². The lowest BCUT2D eigenvalue weighted by Crippen LogP contribution is -2.66. The molecule has 17 atom stereocenters. The van der Waals surface area contributed by atoms with Crippen molar-refractivity contribution in [3.8, 4) is 0 Å². The number of allylic oxidation sites excluding steroid dienone is 15. The maximum absolute atomic E-state index is 13.3. The van der Waals surface area contributed by atoms with Gasteiger partial charge in [0.2, 0.25) is 5.91 Å². The Morgan fingerprint density at radius 3 is 1.35 bits per heavy atom. The summed E-state index contributed by atoms with van der Waals surface area (Å²) in [6.45, 7) is 1.41. The van der Waals surface area contributed by atoms with Crippen molar-refractivity contribution in [2.24, 2.45) is 0 Å². The quantitative estimate of drug-likeness (QED) is 0.0284. The third-order valence-electron chi connectivity index (χ3n) is 14.1. The molecule has 1 amide bonds. The second kappa shape index (κ2) is 43.4. The van der Waals surface area contributed by atoms with Crippen molar-refractivity contribution in [3.63, 3.8) is 0 Å². The van der Waals surface area contributed by atoms with E-state index in [2.05, 4.69) is 104 Å². The average molecular weight is 1140 g/mol. The summed E-state index contributed by atoms with van der Waals surface area (Å²) in [6.07, 6.45) is 27.0. The Kier molecular flexibility index (Phi) is 38.5. The van der Waals surface area contributed by atoms with Gasteiger partial charge in [0.25, 0.3) is 0 Å². The lowest BCUT2D eigenvalue weighted by atomic mass is 9.96. The van der Waals surface area contributed by atoms with Crippen LogP contribution in [0.15, 0.2) is 97.2 Å². The van der Waals surface area contributed by atoms with Gasteiger partial charge >= 0.3 is 0 Å². The molecule has 3 aliphatic rings. The molecule has 0 aliphatic carbocycles. The summed E-state index contributed by atoms with van der Waals surface area (Å²) in [4.78, 5) is 13.3. The van der Waals surface area contributed by atoms with Crippen LogP contribution in [0.1, 0.15) is 149 Å². The molecule has 80 heavy (non-hydrogen) atoms. The molecule has 3 rings (SSSR count). The summed E-state index contributed by atoms with van der Waals surface area (Å²) in [6, 6.07) is -1.00. The topological polar surface area (TPSA) is 307 Å². The number of carbonyl (C=O) groups is 1. The van der Waals surface area contributed by atoms with Gasteiger partial charge in [0.05, 0.1) is 38.6 Å². The second-order valence-electron chi connectivity index (χ2n) is 20.7. The summed E-state index contributed by atoms with van der Waals surface area (Å²) in [7, 11) is 0. The summed E-state index contributed by atoms with van der Waals surface area (Å²) < 4.78 is 34.1. The first kappa shape index (κ1) is 71.0. The number of ether oxygens (including phenoxy) is 6. The summed E-state index contributed by atoms with van der Waals surface area (Å²) in [5.41, 5.74) is 0. The first-order valence-corrected chi connectivity index (χ1v) is 29.5. The van der Waals surface area contributed by atoms with Gasteiger partial charge in [-0.2, -0.15) is 0 Å². The van der Waals surface area contributed by atoms with Crippen LogP contribution < -0.4 is 5.32 Å². The Balaban J connectivity index is 1.45. The van der Waals surface area contributed by atoms with Crippen LogP contribution in [0.5, 0.6) is 0 Å². The minimum absolute atomic E-state index is 0.218. The van der Waals surface area contributed by atoms with Crippen molar-refractivity contribution < 1.29 is 89.4 Å². The number of unbranched alkanes of at least 4 members (excludes halogenated alkanes) is 11. The summed E-state index contributed by atoms with van der Waals surface area (Å²) in [5.74, 6) is -0.305. The fourth-order valence-corrected chi connectivity index (χ4v) is 9.31. The van der Waals surface area contributed by atoms with Crippen molar-refractivity contribution in [3.05, 3.63) is 97.2 Å². The lowest BCUT2D eigenvalue weighted by Gasteiger charge is -2.48. The molecule has 3 aliphatic heterocycles. The van der Waals surface area contributed by atoms with E-state index in [1.165, 1.54) is 25.7 Å². The molecule has 3 saturated heterocycles. The lowest BCUT2D eigenvalue weighted by molar-refractivity contribution is -0.379. The van der Waals surface area contributed by atoms with Crippen LogP contribution in [0.2, 0.25) is 0 Å². The van der Waals surface area contributed by atoms with E-state index in [-0.39, 0.29) is 18.9 Å². The Hall–Kier alpha value is -3.29. The first-order valence-electron chi connectivity index (χ1n) is 29.5. The van der Waals surface area contributed by atoms with Gasteiger partial charge in [0.1, 0.15) is 73.2 Å². The molecule has 19 heteroatoms. The Morgan fingerprint density at radius 2 is 0.838 bits per heavy atom. The van der Waals surface area contributed by atoms with Gasteiger partial charge in [0, 0.05) is 6.42 Å². The number of hydrogen-bond donors (Lipinski definition) is 12. The van der Waals surface area contributed by atoms with Crippen molar-refractivity contribution in [2.75, 3.05) is 26.4 Å². The van der Waals surface area contributed by atoms with Crippen LogP contribution in [-0.4, -0.2) is 193 Å². The second-order valence-corrected chi connectivity index (χ2v) is 20.7. The van der Waals surface area contributed by atoms with Crippen LogP contribution in [0.25, 0.3) is 0 Å². The van der Waals surface area contributed by atoms with E-state index in [9.17, 15) is 61.0 Å². The maximum atomic E-state index is 13.3. The SMILES string of the molecule is CC/C=C\C/C=C\C/C=C\C/C=C\C/C=C\CCCCCCCCCCCC(=O)NC(COC1OC(CO)C(OC2OC(CO)C(OC3OC(CO)C(O)C(O)C3O)C(O)C2O)C(O)C1O)C(O)/C=C/CC/C=C/CC/C=C/CC. The molecule has 3 fully saturated rings. The molecule has 458 valence electrons. The van der Waals surface area contributed by atoms with Gasteiger partial charge in [0.15, 0.2) is 18.9 Å². The van der Waals surface area contributed by atoms with E-state index in [0.717, 1.165) is 89.9 Å². The molecule has 0 bridgehead atoms. The van der Waals surface area contributed by atoms with Gasteiger partial charge in [-0.3, -0.25) is 4.79 Å². The largest absolute Gasteiger partial charge is 0.394 e. The molecule has 0 saturated carbocycles. The molecule has 3 heterocycles. The van der Waals surface area contributed by atoms with Crippen molar-refractivity contribution in [1.29, 1.82) is 0 Å². The monoisotopic (exact) mass is 1140 g/mol. The van der Waals surface area contributed by atoms with Crippen LogP contribution in [-0.2, 0) is 33.2 Å². The highest BCUT2D eigenvalue weighted by molar-refractivity contribution is 5.76. The number of rotatable bonds is 41. The molecule has 0 radical (unpaired) electrons. The minimum atomic E-state index is -1.99. The average Bonchev–Trinajstić information content (AvgIpc) is 3.47. The molecule has 19 nitrogen and oxygen atoms in total. The van der Waals surface area contributed by atoms with E-state index in [1.54, 1.807) is 12.2 Å². The highest BCUT2D eigenvalue weighted by Gasteiger charge is 2.53. The van der Waals surface area contributed by atoms with Crippen LogP contribution in [0.4, 0.5) is 0 Å². The number of aliphatic hydroxyl groups is 11. The maximum Gasteiger partial charge on any atom is 0.220 e. The number of nitrogens with one attached hydrogen (secondary N) is 1. The van der Waals surface area contributed by atoms with Crippen molar-refractivity contribution in [1.82, 2.24) is 5.32 Å². The number of hydrogen-bond acceptors (Lipinski definition) is 18. The highest BCUT2D eigenvalue weighted by atomic mass is 16.8. The van der Waals surface area contributed by atoms with Crippen LogP contribution in [0.3, 0.4) is 0 Å². The van der Waals surface area contributed by atoms with Crippen LogP contribution in [0, 0.1) is 0 Å². The fraction of sp³-hybridized carbons (Fsp3) is 0.721. The van der Waals surface area contributed by atoms with E-state index in [0.29, 0.717) is 12.8 Å². The van der Waals surface area contributed by atoms with E-state index in [4.69, 9.17) is 28.4 Å². The number of carbonyl (C=O) groups excluding carboxylic acids is 1. The van der Waals surface area contributed by atoms with E-state index in [1.807, 2.05) is 0 Å². The molecule has 0 aromatic carbocycles. The zero-order valence-corrected chi connectivity index (χ0v) is 47.5. The Bertz CT molecular complexity index is 1840. The minimum Gasteiger partial charge on any atom is -0.394 e. The zero-order chi connectivity index (χ0) is 58.3. The molecule has 0 aromatic heterocycles. The Morgan fingerprint density at radius 1 is 0.450 bits per heavy atom. The number of aliphatic hydroxyl groups excluding tert-OH is 11. The highest BCUT2D eigenvalue weighted by Crippen LogP contribution is 2.33. The predicted octanol–water partition coefficient (Wildman–Crippen LogP) is 4.98. The normalized spacial score (nSPS) is 30.7. The fourth-order valence-electron chi connectivity index (χ4n) is 9.31. The Labute approximate surface area is 475 Å².